The van der Waals surface area contributed by atoms with E-state index < -0.39 is 6.29 Å². The van der Waals surface area contributed by atoms with E-state index in [2.05, 4.69) is 92.0 Å². The van der Waals surface area contributed by atoms with E-state index >= 15 is 0 Å². The van der Waals surface area contributed by atoms with Gasteiger partial charge in [-0.25, -0.2) is 44.9 Å². The lowest BCUT2D eigenvalue weighted by Gasteiger charge is -2.35. The number of nitrogens with zero attached hydrogens (tertiary/aromatic N) is 15. The lowest BCUT2D eigenvalue weighted by atomic mass is 10.1. The normalized spacial score (nSPS) is 19.0. The Balaban J connectivity index is 0.000000196. The lowest BCUT2D eigenvalue weighted by Crippen LogP contribution is -2.56. The molecule has 5 aromatic carbocycles. The van der Waals surface area contributed by atoms with Crippen molar-refractivity contribution in [2.24, 2.45) is 72.9 Å². The number of phenols is 10. The third-order valence-corrected chi connectivity index (χ3v) is 14.3. The third kappa shape index (κ3) is 23.3. The van der Waals surface area contributed by atoms with E-state index in [4.69, 9.17) is 22.9 Å². The van der Waals surface area contributed by atoms with Gasteiger partial charge in [0.05, 0.1) is 12.2 Å². The van der Waals surface area contributed by atoms with Crippen LogP contribution in [0.5, 0.6) is 57.5 Å². The highest BCUT2D eigenvalue weighted by Gasteiger charge is 2.25. The highest BCUT2D eigenvalue weighted by atomic mass is 16.3. The first kappa shape index (κ1) is 75.8. The van der Waals surface area contributed by atoms with Gasteiger partial charge in [-0.05, 0) is 112 Å². The molecule has 5 heterocycles. The second kappa shape index (κ2) is 35.5. The van der Waals surface area contributed by atoms with Crippen molar-refractivity contribution in [3.05, 3.63) is 113 Å². The van der Waals surface area contributed by atoms with Crippen LogP contribution in [0, 0.1) is 0 Å². The molecule has 10 rings (SSSR count). The molecule has 5 atom stereocenters. The van der Waals surface area contributed by atoms with E-state index in [1.807, 2.05) is 95.8 Å². The van der Waals surface area contributed by atoms with Gasteiger partial charge in [0, 0.05) is 74.5 Å². The average Bonchev–Trinajstić information content (AvgIpc) is 0.915. The lowest BCUT2D eigenvalue weighted by molar-refractivity contribution is 0.399. The Morgan fingerprint density at radius 1 is 0.475 bits per heavy atom. The zero-order valence-corrected chi connectivity index (χ0v) is 57.0. The van der Waals surface area contributed by atoms with Crippen molar-refractivity contribution in [2.45, 2.75) is 84.5 Å². The number of rotatable bonds is 12. The molecule has 0 spiro atoms. The van der Waals surface area contributed by atoms with Gasteiger partial charge in [-0.15, -0.1) is 0 Å². The molecule has 5 unspecified atom stereocenters. The molecular formula is C63H92N26O10. The summed E-state index contributed by atoms with van der Waals surface area (Å²) in [6.45, 7) is 9.59. The van der Waals surface area contributed by atoms with Crippen LogP contribution in [0.25, 0.3) is 0 Å². The largest absolute Gasteiger partial charge is 0.504 e. The fraction of sp³-hybridized carbons (Fsp3) is 0.365. The zero-order valence-electron chi connectivity index (χ0n) is 57.0. The maximum Gasteiger partial charge on any atom is 0.205 e. The average molecular weight is 1370 g/mol. The van der Waals surface area contributed by atoms with E-state index in [0.717, 1.165) is 60.9 Å². The van der Waals surface area contributed by atoms with E-state index in [0.29, 0.717) is 53.6 Å². The Bertz CT molecular complexity index is 3910. The van der Waals surface area contributed by atoms with Crippen molar-refractivity contribution >= 4 is 65.3 Å². The zero-order chi connectivity index (χ0) is 72.8. The summed E-state index contributed by atoms with van der Waals surface area (Å²) in [6, 6.07) is 23.9. The van der Waals surface area contributed by atoms with Crippen molar-refractivity contribution in [1.29, 1.82) is 0 Å². The standard InChI is InChI=1S/C16H25N5O2.C15H23N5O2.C11H16N6O2.C11H15N5O2.C10H13N5O2/c1-11-17-15(19(2)3)21(5)16(18-11)20(4)9-8-12-6-7-13(22)14(23)10-12;1-10-16-14(19(2)3)18-15(17-10)20(4)8-7-11-5-6-12(21)13(22)9-11;12-9-15-10(13)17-11(16-9)14-5-4-6-2-1-3-7(18)8(6)19;1-6-14-10(12)16-11(15-6)13-5-7-3-2-4-8(17)9(7)18;1-5-12-9(11)15-10(13-5)14-6-3-2-4-7(16)8(6)17/h6-7,10-11,22-23H,8-9H2,1-5H3;5-6,9-10,21-22H,7-8H2,1-4H3,(H,16,17,18);1-3,9,18-19H,4-5,12H2,(H4,13,14,15,16,17);2-4,6,17-18H,5H2,1H3,(H4,12,13,14,15,16);2-5,16-17H,1H3,(H4,11,12,13,14,15). The molecule has 0 fully saturated rings. The highest BCUT2D eigenvalue weighted by Crippen LogP contribution is 2.33. The fourth-order valence-corrected chi connectivity index (χ4v) is 9.29. The highest BCUT2D eigenvalue weighted by molar-refractivity contribution is 6.07. The number of guanidine groups is 10. The number of hydrogen-bond donors (Lipinski definition) is 21. The Kier molecular flexibility index (Phi) is 27.2. The molecule has 0 amide bonds. The molecule has 0 bridgehead atoms. The van der Waals surface area contributed by atoms with Crippen molar-refractivity contribution in [3.8, 4) is 57.5 Å². The SMILES string of the molecule is CC1N=C(N(C)C)N(C)C(N(C)CCc2ccc(O)c(O)c2)=N1.CC1N=C(N(C)C)NC(N(C)CCc2ccc(O)c(O)c2)=N1.CC1N=C(N)NC(=NCc2cccc(O)c2O)N1.CC1N=C(N)NC(Nc2cccc(O)c2O)=N1.NC1=NC(N)NC(=NCCc2cccc(O)c2O)N1. The minimum absolute atomic E-state index is 0.0899. The number of likely N-dealkylation sites (N-methyl/N-ethyl adjacent to an activating group) is 2. The van der Waals surface area contributed by atoms with Gasteiger partial charge in [0.2, 0.25) is 35.8 Å². The molecule has 0 aromatic heterocycles. The van der Waals surface area contributed by atoms with E-state index in [1.165, 1.54) is 30.3 Å². The van der Waals surface area contributed by atoms with Crippen LogP contribution >= 0.6 is 0 Å². The van der Waals surface area contributed by atoms with Gasteiger partial charge in [-0.3, -0.25) is 36.9 Å². The van der Waals surface area contributed by atoms with Gasteiger partial charge < -0.3 is 104 Å². The molecule has 5 aliphatic heterocycles. The second-order valence-corrected chi connectivity index (χ2v) is 22.9. The number of para-hydroxylation sites is 3. The second-order valence-electron chi connectivity index (χ2n) is 22.9. The molecule has 0 radical (unpaired) electrons. The monoisotopic (exact) mass is 1370 g/mol. The number of nitrogens with one attached hydrogen (secondary N) is 7. The Labute approximate surface area is 573 Å². The van der Waals surface area contributed by atoms with Gasteiger partial charge in [0.1, 0.15) is 24.7 Å². The van der Waals surface area contributed by atoms with Gasteiger partial charge in [0.25, 0.3) is 0 Å². The molecule has 99 heavy (non-hydrogen) atoms. The minimum atomic E-state index is -0.617. The van der Waals surface area contributed by atoms with Crippen molar-refractivity contribution < 1.29 is 51.1 Å². The van der Waals surface area contributed by atoms with Crippen molar-refractivity contribution in [2.75, 3.05) is 74.3 Å². The maximum atomic E-state index is 9.63. The number of hydrogen-bond acceptors (Lipinski definition) is 32. The first-order valence-corrected chi connectivity index (χ1v) is 31.0. The third-order valence-electron chi connectivity index (χ3n) is 14.3. The summed E-state index contributed by atoms with van der Waals surface area (Å²) in [7, 11) is 13.7. The molecule has 5 aliphatic rings. The topological polar surface area (TPSA) is 530 Å². The summed E-state index contributed by atoms with van der Waals surface area (Å²) >= 11 is 0. The molecule has 5 aromatic rings. The number of anilines is 1. The van der Waals surface area contributed by atoms with Gasteiger partial charge in [0.15, 0.2) is 87.6 Å². The van der Waals surface area contributed by atoms with Crippen LogP contribution in [-0.2, 0) is 25.8 Å². The molecule has 534 valence electrons. The van der Waals surface area contributed by atoms with Crippen LogP contribution < -0.4 is 60.2 Å². The molecule has 0 saturated heterocycles. The van der Waals surface area contributed by atoms with Crippen LogP contribution in [0.2, 0.25) is 0 Å². The predicted octanol–water partition coefficient (Wildman–Crippen LogP) is 0.615. The number of benzene rings is 5. The van der Waals surface area contributed by atoms with Crippen LogP contribution in [0.15, 0.2) is 141 Å². The summed E-state index contributed by atoms with van der Waals surface area (Å²) < 4.78 is 0. The first-order valence-electron chi connectivity index (χ1n) is 31.0. The number of nitrogens with two attached hydrogens (primary N) is 4. The molecule has 0 aliphatic carbocycles. The summed E-state index contributed by atoms with van der Waals surface area (Å²) in [4.78, 5) is 52.3. The van der Waals surface area contributed by atoms with Gasteiger partial charge in [-0.1, -0.05) is 42.5 Å². The summed E-state index contributed by atoms with van der Waals surface area (Å²) in [5.74, 6) is 3.89. The van der Waals surface area contributed by atoms with Crippen molar-refractivity contribution in [1.82, 2.24) is 56.4 Å². The first-order chi connectivity index (χ1) is 46.8. The number of phenolic OH excluding ortho intramolecular Hbond substituents is 10. The smallest absolute Gasteiger partial charge is 0.205 e. The van der Waals surface area contributed by atoms with Crippen LogP contribution in [-0.4, -0.2) is 235 Å². The molecule has 25 N–H and O–H groups in total. The van der Waals surface area contributed by atoms with Gasteiger partial charge >= 0.3 is 0 Å². The molecule has 36 heteroatoms. The summed E-state index contributed by atoms with van der Waals surface area (Å²) in [5.41, 5.74) is 25.6. The molecule has 0 saturated carbocycles. The molecule has 36 nitrogen and oxygen atoms in total. The maximum absolute atomic E-state index is 9.63. The van der Waals surface area contributed by atoms with Crippen LogP contribution in [0.3, 0.4) is 0 Å². The van der Waals surface area contributed by atoms with E-state index in [1.54, 1.807) is 61.5 Å². The number of aromatic hydroxyl groups is 10. The quantitative estimate of drug-likeness (QED) is 0.0761. The number of aliphatic imine (C=N–C) groups is 10. The van der Waals surface area contributed by atoms with E-state index in [9.17, 15) is 51.1 Å². The van der Waals surface area contributed by atoms with Crippen LogP contribution in [0.4, 0.5) is 5.69 Å². The van der Waals surface area contributed by atoms with Gasteiger partial charge in [-0.2, -0.15) is 0 Å². The summed E-state index contributed by atoms with van der Waals surface area (Å²) in [5, 5.41) is 115. The summed E-state index contributed by atoms with van der Waals surface area (Å²) in [6.07, 6.45) is 0.649. The Morgan fingerprint density at radius 3 is 1.55 bits per heavy atom. The Hall–Kier alpha value is -12.2. The van der Waals surface area contributed by atoms with Crippen LogP contribution in [0.1, 0.15) is 49.9 Å². The van der Waals surface area contributed by atoms with E-state index in [-0.39, 0.29) is 101 Å². The molecular weight excluding hydrogens is 1280 g/mol. The Morgan fingerprint density at radius 2 is 0.980 bits per heavy atom. The predicted molar refractivity (Wildman–Crippen MR) is 384 cm³/mol. The van der Waals surface area contributed by atoms with Crippen molar-refractivity contribution in [3.63, 3.8) is 0 Å². The minimum Gasteiger partial charge on any atom is -0.504 e. The fourth-order valence-electron chi connectivity index (χ4n) is 9.29.